The third-order valence-corrected chi connectivity index (χ3v) is 7.62. The fraction of sp³-hybridized carbons (Fsp3) is 0.636. The van der Waals surface area contributed by atoms with Crippen LogP contribution in [0.5, 0.6) is 5.75 Å². The van der Waals surface area contributed by atoms with Crippen LogP contribution in [0, 0.1) is 5.92 Å². The van der Waals surface area contributed by atoms with E-state index in [1.165, 1.54) is 7.05 Å². The Labute approximate surface area is 186 Å². The highest BCUT2D eigenvalue weighted by molar-refractivity contribution is 7.58. The Bertz CT molecular complexity index is 754. The molecular formula is C22H38N3O5P. The number of hydrogen-bond acceptors (Lipinski definition) is 5. The standard InChI is InChI=1S/C22H38N3O5P/c1-7-20(31(28,29)8-2)24-18(13-15(3)4)22(27)25-19(21(26)23-5)14-16-9-11-17(30-6)12-10-16/h9-12,15,18-20,24H,7-8,13-14H2,1-6H3,(H,23,26)(H,25,27)(H,28,29)/t18?,19-,20?/m0/s1. The predicted molar refractivity (Wildman–Crippen MR) is 124 cm³/mol. The van der Waals surface area contributed by atoms with Gasteiger partial charge < -0.3 is 20.3 Å². The molecule has 0 aliphatic heterocycles. The summed E-state index contributed by atoms with van der Waals surface area (Å²) < 4.78 is 17.7. The lowest BCUT2D eigenvalue weighted by molar-refractivity contribution is -0.130. The lowest BCUT2D eigenvalue weighted by Gasteiger charge is -2.29. The van der Waals surface area contributed by atoms with E-state index in [9.17, 15) is 19.0 Å². The Morgan fingerprint density at radius 3 is 2.16 bits per heavy atom. The van der Waals surface area contributed by atoms with E-state index in [0.717, 1.165) is 5.56 Å². The minimum atomic E-state index is -3.42. The minimum absolute atomic E-state index is 0.132. The molecule has 3 unspecified atom stereocenters. The molecule has 0 radical (unpaired) electrons. The van der Waals surface area contributed by atoms with Gasteiger partial charge in [0.25, 0.3) is 0 Å². The zero-order chi connectivity index (χ0) is 23.6. The number of hydrogen-bond donors (Lipinski definition) is 4. The molecule has 0 heterocycles. The average Bonchev–Trinajstić information content (AvgIpc) is 2.75. The van der Waals surface area contributed by atoms with Crippen molar-refractivity contribution in [3.05, 3.63) is 29.8 Å². The normalized spacial score (nSPS) is 16.1. The summed E-state index contributed by atoms with van der Waals surface area (Å²) in [4.78, 5) is 35.9. The molecule has 0 fully saturated rings. The van der Waals surface area contributed by atoms with Gasteiger partial charge in [0.05, 0.1) is 18.9 Å². The van der Waals surface area contributed by atoms with Crippen LogP contribution in [0.25, 0.3) is 0 Å². The van der Waals surface area contributed by atoms with Crippen LogP contribution in [0.3, 0.4) is 0 Å². The first-order chi connectivity index (χ1) is 14.6. The third kappa shape index (κ3) is 8.63. The van der Waals surface area contributed by atoms with E-state index in [4.69, 9.17) is 4.74 Å². The van der Waals surface area contributed by atoms with E-state index < -0.39 is 25.2 Å². The first-order valence-electron chi connectivity index (χ1n) is 10.8. The van der Waals surface area contributed by atoms with Crippen LogP contribution in [0.2, 0.25) is 0 Å². The monoisotopic (exact) mass is 455 g/mol. The number of benzene rings is 1. The van der Waals surface area contributed by atoms with E-state index in [1.54, 1.807) is 26.2 Å². The molecule has 31 heavy (non-hydrogen) atoms. The number of carbonyl (C=O) groups excluding carboxylic acids is 2. The second-order valence-electron chi connectivity index (χ2n) is 8.07. The molecule has 1 aromatic carbocycles. The summed E-state index contributed by atoms with van der Waals surface area (Å²) in [5.41, 5.74) is 0.875. The molecular weight excluding hydrogens is 417 g/mol. The van der Waals surface area contributed by atoms with Gasteiger partial charge in [0.2, 0.25) is 19.2 Å². The van der Waals surface area contributed by atoms with Crippen LogP contribution in [0.4, 0.5) is 0 Å². The molecule has 0 spiro atoms. The Morgan fingerprint density at radius 2 is 1.71 bits per heavy atom. The summed E-state index contributed by atoms with van der Waals surface area (Å²) in [6.45, 7) is 7.44. The lowest BCUT2D eigenvalue weighted by atomic mass is 10.0. The molecule has 4 N–H and O–H groups in total. The van der Waals surface area contributed by atoms with Crippen molar-refractivity contribution < 1.29 is 23.8 Å². The molecule has 9 heteroatoms. The van der Waals surface area contributed by atoms with E-state index in [-0.39, 0.29) is 23.9 Å². The first kappa shape index (κ1) is 27.1. The Hall–Kier alpha value is -1.89. The van der Waals surface area contributed by atoms with Crippen molar-refractivity contribution in [3.63, 3.8) is 0 Å². The molecule has 8 nitrogen and oxygen atoms in total. The highest BCUT2D eigenvalue weighted by Gasteiger charge is 2.33. The molecule has 2 amide bonds. The number of amides is 2. The predicted octanol–water partition coefficient (Wildman–Crippen LogP) is 2.50. The zero-order valence-electron chi connectivity index (χ0n) is 19.5. The summed E-state index contributed by atoms with van der Waals surface area (Å²) in [7, 11) is -0.320. The van der Waals surface area contributed by atoms with Crippen LogP contribution in [-0.2, 0) is 20.6 Å². The van der Waals surface area contributed by atoms with Crippen LogP contribution in [-0.4, -0.2) is 54.9 Å². The summed E-state index contributed by atoms with van der Waals surface area (Å²) >= 11 is 0. The van der Waals surface area contributed by atoms with Gasteiger partial charge in [-0.15, -0.1) is 0 Å². The van der Waals surface area contributed by atoms with Crippen molar-refractivity contribution in [1.29, 1.82) is 0 Å². The van der Waals surface area contributed by atoms with Gasteiger partial charge in [0, 0.05) is 19.6 Å². The lowest BCUT2D eigenvalue weighted by Crippen LogP contribution is -2.55. The van der Waals surface area contributed by atoms with Crippen LogP contribution in [0.1, 0.15) is 46.1 Å². The highest BCUT2D eigenvalue weighted by Crippen LogP contribution is 2.46. The van der Waals surface area contributed by atoms with Crippen molar-refractivity contribution in [2.75, 3.05) is 20.3 Å². The van der Waals surface area contributed by atoms with Crippen LogP contribution >= 0.6 is 7.37 Å². The van der Waals surface area contributed by atoms with Crippen molar-refractivity contribution >= 4 is 19.2 Å². The first-order valence-corrected chi connectivity index (χ1v) is 12.7. The van der Waals surface area contributed by atoms with Gasteiger partial charge in [-0.05, 0) is 36.5 Å². The van der Waals surface area contributed by atoms with E-state index >= 15 is 0 Å². The molecule has 4 atom stereocenters. The van der Waals surface area contributed by atoms with E-state index in [2.05, 4.69) is 16.0 Å². The van der Waals surface area contributed by atoms with Crippen molar-refractivity contribution in [3.8, 4) is 5.75 Å². The van der Waals surface area contributed by atoms with Gasteiger partial charge in [0.1, 0.15) is 11.8 Å². The number of ether oxygens (including phenoxy) is 1. The molecule has 0 aromatic heterocycles. The second-order valence-corrected chi connectivity index (χ2v) is 10.8. The average molecular weight is 456 g/mol. The molecule has 0 aliphatic carbocycles. The molecule has 1 rings (SSSR count). The van der Waals surface area contributed by atoms with Crippen LogP contribution in [0.15, 0.2) is 24.3 Å². The summed E-state index contributed by atoms with van der Waals surface area (Å²) in [5, 5.41) is 8.52. The number of methoxy groups -OCH3 is 1. The van der Waals surface area contributed by atoms with Gasteiger partial charge in [-0.2, -0.15) is 0 Å². The maximum atomic E-state index is 13.1. The van der Waals surface area contributed by atoms with E-state index in [1.807, 2.05) is 32.9 Å². The Kier molecular flexibility index (Phi) is 11.2. The van der Waals surface area contributed by atoms with Crippen molar-refractivity contribution in [1.82, 2.24) is 16.0 Å². The second kappa shape index (κ2) is 12.8. The minimum Gasteiger partial charge on any atom is -0.497 e. The number of nitrogens with one attached hydrogen (secondary N) is 3. The maximum Gasteiger partial charge on any atom is 0.242 e. The van der Waals surface area contributed by atoms with E-state index in [0.29, 0.717) is 25.0 Å². The summed E-state index contributed by atoms with van der Waals surface area (Å²) in [6.07, 6.45) is 1.35. The van der Waals surface area contributed by atoms with Crippen LogP contribution < -0.4 is 20.7 Å². The summed E-state index contributed by atoms with van der Waals surface area (Å²) in [6, 6.07) is 5.85. The van der Waals surface area contributed by atoms with Gasteiger partial charge in [-0.3, -0.25) is 19.5 Å². The van der Waals surface area contributed by atoms with Gasteiger partial charge in [-0.25, -0.2) is 0 Å². The highest BCUT2D eigenvalue weighted by atomic mass is 31.2. The zero-order valence-corrected chi connectivity index (χ0v) is 20.4. The number of rotatable bonds is 13. The van der Waals surface area contributed by atoms with Gasteiger partial charge in [-0.1, -0.05) is 39.8 Å². The molecule has 1 aromatic rings. The molecule has 0 bridgehead atoms. The SMILES string of the molecule is CCC(NC(CC(C)C)C(=O)N[C@@H](Cc1ccc(OC)cc1)C(=O)NC)P(=O)(O)CC. The number of likely N-dealkylation sites (N-methyl/N-ethyl adjacent to an activating group) is 1. The van der Waals surface area contributed by atoms with Gasteiger partial charge >= 0.3 is 0 Å². The van der Waals surface area contributed by atoms with Crippen molar-refractivity contribution in [2.45, 2.75) is 64.8 Å². The molecule has 0 aliphatic rings. The maximum absolute atomic E-state index is 13.1. The molecule has 0 saturated carbocycles. The molecule has 176 valence electrons. The fourth-order valence-corrected chi connectivity index (χ4v) is 4.77. The Balaban J connectivity index is 3.02. The third-order valence-electron chi connectivity index (χ3n) is 5.22. The smallest absolute Gasteiger partial charge is 0.242 e. The quantitative estimate of drug-likeness (QED) is 0.340. The summed E-state index contributed by atoms with van der Waals surface area (Å²) in [5.74, 6) is -0.445. The molecule has 0 saturated heterocycles. The fourth-order valence-electron chi connectivity index (χ4n) is 3.35. The van der Waals surface area contributed by atoms with Crippen molar-refractivity contribution in [2.24, 2.45) is 5.92 Å². The largest absolute Gasteiger partial charge is 0.497 e. The number of carbonyl (C=O) groups is 2. The Morgan fingerprint density at radius 1 is 1.10 bits per heavy atom. The topological polar surface area (TPSA) is 117 Å². The van der Waals surface area contributed by atoms with Gasteiger partial charge in [0.15, 0.2) is 0 Å².